The lowest BCUT2D eigenvalue weighted by atomic mass is 10.0. The molecular weight excluding hydrogens is 389 g/mol. The van der Waals surface area contributed by atoms with Crippen molar-refractivity contribution < 1.29 is 23.5 Å². The smallest absolute Gasteiger partial charge is 0.328 e. The van der Waals surface area contributed by atoms with Gasteiger partial charge in [-0.2, -0.15) is 0 Å². The van der Waals surface area contributed by atoms with Gasteiger partial charge in [-0.05, 0) is 42.8 Å². The highest BCUT2D eigenvalue weighted by molar-refractivity contribution is 6.31. The van der Waals surface area contributed by atoms with Gasteiger partial charge in [0.2, 0.25) is 11.8 Å². The molecule has 0 spiro atoms. The Bertz CT molecular complexity index is 966. The van der Waals surface area contributed by atoms with Crippen LogP contribution in [0.4, 0.5) is 20.6 Å². The molecule has 146 valence electrons. The first-order valence-corrected chi connectivity index (χ1v) is 8.72. The molecule has 1 atom stereocenters. The Morgan fingerprint density at radius 2 is 2.04 bits per heavy atom. The van der Waals surface area contributed by atoms with Gasteiger partial charge in [0.1, 0.15) is 17.5 Å². The Kier molecular flexibility index (Phi) is 5.51. The zero-order valence-electron chi connectivity index (χ0n) is 15.1. The predicted molar refractivity (Wildman–Crippen MR) is 102 cm³/mol. The van der Waals surface area contributed by atoms with E-state index in [0.717, 1.165) is 22.6 Å². The summed E-state index contributed by atoms with van der Waals surface area (Å²) < 4.78 is 18.6. The lowest BCUT2D eigenvalue weighted by Gasteiger charge is -2.30. The Labute approximate surface area is 165 Å². The third-order valence-corrected chi connectivity index (χ3v) is 4.56. The van der Waals surface area contributed by atoms with Crippen LogP contribution in [0.15, 0.2) is 36.4 Å². The van der Waals surface area contributed by atoms with Crippen LogP contribution in [0.5, 0.6) is 5.75 Å². The van der Waals surface area contributed by atoms with E-state index in [2.05, 4.69) is 10.6 Å². The number of benzene rings is 2. The van der Waals surface area contributed by atoms with Gasteiger partial charge in [-0.1, -0.05) is 17.7 Å². The summed E-state index contributed by atoms with van der Waals surface area (Å²) in [7, 11) is 1.46. The third-order valence-electron chi connectivity index (χ3n) is 4.27. The maximum Gasteiger partial charge on any atom is 0.328 e. The van der Waals surface area contributed by atoms with Crippen LogP contribution >= 0.6 is 11.6 Å². The number of aryl methyl sites for hydroxylation is 1. The molecule has 0 radical (unpaired) electrons. The molecule has 28 heavy (non-hydrogen) atoms. The lowest BCUT2D eigenvalue weighted by molar-refractivity contribution is -0.130. The number of imide groups is 1. The SMILES string of the molecule is COc1ccc(C)cc1NC(=O)C1CNC(=O)N(c2ccc(F)c(Cl)c2)C1=O. The monoisotopic (exact) mass is 405 g/mol. The fourth-order valence-corrected chi connectivity index (χ4v) is 3.00. The molecule has 0 bridgehead atoms. The number of anilines is 2. The van der Waals surface area contributed by atoms with Gasteiger partial charge in [-0.3, -0.25) is 9.59 Å². The molecule has 1 saturated heterocycles. The fraction of sp³-hybridized carbons (Fsp3) is 0.211. The van der Waals surface area contributed by atoms with E-state index in [4.69, 9.17) is 16.3 Å². The molecule has 1 aliphatic rings. The van der Waals surface area contributed by atoms with Crippen molar-refractivity contribution in [1.29, 1.82) is 0 Å². The van der Waals surface area contributed by atoms with Crippen molar-refractivity contribution in [2.45, 2.75) is 6.92 Å². The van der Waals surface area contributed by atoms with Crippen LogP contribution in [0, 0.1) is 18.7 Å². The average Bonchev–Trinajstić information content (AvgIpc) is 2.65. The van der Waals surface area contributed by atoms with Crippen LogP contribution in [0.25, 0.3) is 0 Å². The highest BCUT2D eigenvalue weighted by Gasteiger charge is 2.39. The second kappa shape index (κ2) is 7.85. The van der Waals surface area contributed by atoms with E-state index in [9.17, 15) is 18.8 Å². The number of urea groups is 1. The lowest BCUT2D eigenvalue weighted by Crippen LogP contribution is -2.58. The summed E-state index contributed by atoms with van der Waals surface area (Å²) in [5.74, 6) is -2.76. The molecule has 1 aliphatic heterocycles. The normalized spacial score (nSPS) is 16.6. The second-order valence-electron chi connectivity index (χ2n) is 6.20. The van der Waals surface area contributed by atoms with E-state index in [1.807, 2.05) is 13.0 Å². The van der Waals surface area contributed by atoms with E-state index >= 15 is 0 Å². The van der Waals surface area contributed by atoms with Gasteiger partial charge in [-0.25, -0.2) is 14.1 Å². The number of nitrogens with one attached hydrogen (secondary N) is 2. The summed E-state index contributed by atoms with van der Waals surface area (Å²) in [6.45, 7) is 1.68. The first-order valence-electron chi connectivity index (χ1n) is 8.34. The quantitative estimate of drug-likeness (QED) is 0.765. The van der Waals surface area contributed by atoms with Crippen LogP contribution in [-0.2, 0) is 9.59 Å². The molecule has 1 unspecified atom stereocenters. The van der Waals surface area contributed by atoms with Crippen molar-refractivity contribution in [3.8, 4) is 5.75 Å². The van der Waals surface area contributed by atoms with Crippen LogP contribution in [-0.4, -0.2) is 31.5 Å². The minimum absolute atomic E-state index is 0.0690. The Morgan fingerprint density at radius 1 is 1.29 bits per heavy atom. The van der Waals surface area contributed by atoms with E-state index in [-0.39, 0.29) is 17.3 Å². The van der Waals surface area contributed by atoms with E-state index in [1.54, 1.807) is 12.1 Å². The van der Waals surface area contributed by atoms with Gasteiger partial charge in [0.15, 0.2) is 0 Å². The second-order valence-corrected chi connectivity index (χ2v) is 6.61. The van der Waals surface area contributed by atoms with Crippen LogP contribution in [0.3, 0.4) is 0 Å². The maximum absolute atomic E-state index is 13.4. The van der Waals surface area contributed by atoms with Crippen molar-refractivity contribution in [1.82, 2.24) is 5.32 Å². The summed E-state index contributed by atoms with van der Waals surface area (Å²) in [6, 6.07) is 7.94. The summed E-state index contributed by atoms with van der Waals surface area (Å²) in [5, 5.41) is 4.91. The van der Waals surface area contributed by atoms with Gasteiger partial charge >= 0.3 is 6.03 Å². The molecule has 2 aromatic rings. The number of rotatable bonds is 4. The molecule has 2 N–H and O–H groups in total. The largest absolute Gasteiger partial charge is 0.495 e. The number of carbonyl (C=O) groups is 3. The topological polar surface area (TPSA) is 87.7 Å². The Morgan fingerprint density at radius 3 is 2.71 bits per heavy atom. The predicted octanol–water partition coefficient (Wildman–Crippen LogP) is 3.11. The van der Waals surface area contributed by atoms with Crippen LogP contribution in [0.1, 0.15) is 5.56 Å². The molecule has 1 fully saturated rings. The van der Waals surface area contributed by atoms with Gasteiger partial charge in [0.05, 0.1) is 23.5 Å². The number of methoxy groups -OCH3 is 1. The fourth-order valence-electron chi connectivity index (χ4n) is 2.82. The van der Waals surface area contributed by atoms with E-state index < -0.39 is 29.6 Å². The first-order chi connectivity index (χ1) is 13.3. The molecule has 9 heteroatoms. The van der Waals surface area contributed by atoms with Crippen LogP contribution < -0.4 is 20.3 Å². The molecule has 7 nitrogen and oxygen atoms in total. The number of halogens is 2. The minimum Gasteiger partial charge on any atom is -0.495 e. The highest BCUT2D eigenvalue weighted by atomic mass is 35.5. The molecular formula is C19H17ClFN3O4. The van der Waals surface area contributed by atoms with E-state index in [0.29, 0.717) is 11.4 Å². The summed E-state index contributed by atoms with van der Waals surface area (Å²) in [6.07, 6.45) is 0. The zero-order valence-corrected chi connectivity index (χ0v) is 15.8. The molecule has 2 aromatic carbocycles. The molecule has 0 aromatic heterocycles. The number of hydrogen-bond donors (Lipinski definition) is 2. The third kappa shape index (κ3) is 3.77. The van der Waals surface area contributed by atoms with Gasteiger partial charge in [-0.15, -0.1) is 0 Å². The van der Waals surface area contributed by atoms with Crippen molar-refractivity contribution in [2.75, 3.05) is 23.9 Å². The van der Waals surface area contributed by atoms with Gasteiger partial charge < -0.3 is 15.4 Å². The number of amides is 4. The number of ether oxygens (including phenoxy) is 1. The molecule has 0 saturated carbocycles. The first kappa shape index (κ1) is 19.6. The van der Waals surface area contributed by atoms with Crippen molar-refractivity contribution >= 4 is 40.8 Å². The molecule has 4 amide bonds. The summed E-state index contributed by atoms with van der Waals surface area (Å²) in [4.78, 5) is 38.5. The van der Waals surface area contributed by atoms with Gasteiger partial charge in [0, 0.05) is 6.54 Å². The maximum atomic E-state index is 13.4. The number of nitrogens with zero attached hydrogens (tertiary/aromatic N) is 1. The molecule has 0 aliphatic carbocycles. The average molecular weight is 406 g/mol. The standard InChI is InChI=1S/C19H17ClFN3O4/c1-10-3-6-16(28-2)15(7-10)23-17(25)12-9-22-19(27)24(18(12)26)11-4-5-14(21)13(20)8-11/h3-8,12H,9H2,1-2H3,(H,22,27)(H,23,25). The highest BCUT2D eigenvalue weighted by Crippen LogP contribution is 2.28. The Balaban J connectivity index is 1.85. The molecule has 3 rings (SSSR count). The van der Waals surface area contributed by atoms with Crippen molar-refractivity contribution in [3.63, 3.8) is 0 Å². The zero-order chi connectivity index (χ0) is 20.4. The summed E-state index contributed by atoms with van der Waals surface area (Å²) >= 11 is 5.75. The number of hydrogen-bond acceptors (Lipinski definition) is 4. The van der Waals surface area contributed by atoms with Crippen molar-refractivity contribution in [3.05, 3.63) is 52.8 Å². The van der Waals surface area contributed by atoms with Crippen molar-refractivity contribution in [2.24, 2.45) is 5.92 Å². The molecule has 1 heterocycles. The van der Waals surface area contributed by atoms with Crippen LogP contribution in [0.2, 0.25) is 5.02 Å². The minimum atomic E-state index is -1.17. The summed E-state index contributed by atoms with van der Waals surface area (Å²) in [5.41, 5.74) is 1.37. The van der Waals surface area contributed by atoms with E-state index in [1.165, 1.54) is 13.2 Å². The van der Waals surface area contributed by atoms with Gasteiger partial charge in [0.25, 0.3) is 0 Å². The Hall–Kier alpha value is -3.13. The number of carbonyl (C=O) groups excluding carboxylic acids is 3.